The summed E-state index contributed by atoms with van der Waals surface area (Å²) < 4.78 is 1.66. The molecule has 1 aromatic heterocycles. The molecule has 1 heterocycles. The van der Waals surface area contributed by atoms with Crippen molar-refractivity contribution >= 4 is 5.91 Å². The minimum absolute atomic E-state index is 0.0365. The van der Waals surface area contributed by atoms with Gasteiger partial charge >= 0.3 is 0 Å². The molecule has 0 saturated carbocycles. The highest BCUT2D eigenvalue weighted by Crippen LogP contribution is 2.12. The van der Waals surface area contributed by atoms with E-state index in [-0.39, 0.29) is 6.61 Å². The number of carbonyl (C=O) groups is 1. The monoisotopic (exact) mass is 231 g/mol. The maximum absolute atomic E-state index is 10.9. The summed E-state index contributed by atoms with van der Waals surface area (Å²) in [4.78, 5) is 10.9. The second-order valence-corrected chi connectivity index (χ2v) is 3.75. The number of hydrogen-bond donors (Lipinski definition) is 2. The molecule has 2 aromatic rings. The molecule has 0 radical (unpaired) electrons. The van der Waals surface area contributed by atoms with Crippen LogP contribution in [-0.2, 0) is 6.61 Å². The summed E-state index contributed by atoms with van der Waals surface area (Å²) in [5.74, 6) is -0.454. The average Bonchev–Trinajstić information content (AvgIpc) is 2.70. The van der Waals surface area contributed by atoms with Gasteiger partial charge in [-0.2, -0.15) is 5.10 Å². The van der Waals surface area contributed by atoms with Crippen molar-refractivity contribution in [3.8, 4) is 5.69 Å². The predicted molar refractivity (Wildman–Crippen MR) is 62.7 cm³/mol. The SMILES string of the molecule is Cc1nn(-c2ccc(C(N)=O)cc2)cc1CO. The van der Waals surface area contributed by atoms with Crippen LogP contribution >= 0.6 is 0 Å². The highest BCUT2D eigenvalue weighted by atomic mass is 16.3. The highest BCUT2D eigenvalue weighted by Gasteiger charge is 2.06. The van der Waals surface area contributed by atoms with E-state index in [1.165, 1.54) is 0 Å². The first-order chi connectivity index (χ1) is 8.11. The number of aromatic nitrogens is 2. The fourth-order valence-electron chi connectivity index (χ4n) is 1.56. The van der Waals surface area contributed by atoms with Gasteiger partial charge in [0, 0.05) is 17.3 Å². The van der Waals surface area contributed by atoms with E-state index in [4.69, 9.17) is 10.8 Å². The lowest BCUT2D eigenvalue weighted by Crippen LogP contribution is -2.10. The Morgan fingerprint density at radius 2 is 2.06 bits per heavy atom. The molecule has 17 heavy (non-hydrogen) atoms. The van der Waals surface area contributed by atoms with Crippen LogP contribution in [0, 0.1) is 6.92 Å². The van der Waals surface area contributed by atoms with Crippen LogP contribution in [0.4, 0.5) is 0 Å². The predicted octanol–water partition coefficient (Wildman–Crippen LogP) is 0.772. The summed E-state index contributed by atoms with van der Waals surface area (Å²) in [5, 5.41) is 13.3. The van der Waals surface area contributed by atoms with Gasteiger partial charge in [-0.3, -0.25) is 4.79 Å². The Balaban J connectivity index is 2.36. The number of aliphatic hydroxyl groups excluding tert-OH is 1. The molecule has 0 aliphatic carbocycles. The number of aliphatic hydroxyl groups is 1. The minimum atomic E-state index is -0.454. The number of nitrogens with two attached hydrogens (primary N) is 1. The summed E-state index contributed by atoms with van der Waals surface area (Å²) >= 11 is 0. The minimum Gasteiger partial charge on any atom is -0.392 e. The molecule has 5 nitrogen and oxygen atoms in total. The molecule has 0 aliphatic rings. The maximum atomic E-state index is 10.9. The van der Waals surface area contributed by atoms with Gasteiger partial charge in [-0.15, -0.1) is 0 Å². The van der Waals surface area contributed by atoms with Crippen LogP contribution in [0.15, 0.2) is 30.5 Å². The van der Waals surface area contributed by atoms with Crippen molar-refractivity contribution in [3.63, 3.8) is 0 Å². The largest absolute Gasteiger partial charge is 0.392 e. The van der Waals surface area contributed by atoms with Gasteiger partial charge in [0.25, 0.3) is 0 Å². The van der Waals surface area contributed by atoms with E-state index in [2.05, 4.69) is 5.10 Å². The highest BCUT2D eigenvalue weighted by molar-refractivity contribution is 5.92. The number of carbonyl (C=O) groups excluding carboxylic acids is 1. The molecule has 0 aliphatic heterocycles. The molecule has 0 unspecified atom stereocenters. The molecule has 0 bridgehead atoms. The second-order valence-electron chi connectivity index (χ2n) is 3.75. The molecule has 0 spiro atoms. The summed E-state index contributed by atoms with van der Waals surface area (Å²) in [5.41, 5.74) is 8.00. The van der Waals surface area contributed by atoms with Gasteiger partial charge in [-0.25, -0.2) is 4.68 Å². The first-order valence-electron chi connectivity index (χ1n) is 5.18. The second kappa shape index (κ2) is 4.39. The Hall–Kier alpha value is -2.14. The fourth-order valence-corrected chi connectivity index (χ4v) is 1.56. The van der Waals surface area contributed by atoms with Crippen LogP contribution in [0.1, 0.15) is 21.6 Å². The first kappa shape index (κ1) is 11.3. The van der Waals surface area contributed by atoms with Crippen LogP contribution in [0.5, 0.6) is 0 Å². The number of primary amides is 1. The Morgan fingerprint density at radius 3 is 2.53 bits per heavy atom. The number of hydrogen-bond acceptors (Lipinski definition) is 3. The Bertz CT molecular complexity index is 543. The van der Waals surface area contributed by atoms with Crippen molar-refractivity contribution in [2.24, 2.45) is 5.73 Å². The number of benzene rings is 1. The molecule has 1 aromatic carbocycles. The zero-order valence-corrected chi connectivity index (χ0v) is 9.42. The lowest BCUT2D eigenvalue weighted by Gasteiger charge is -2.01. The van der Waals surface area contributed by atoms with Crippen molar-refractivity contribution in [2.75, 3.05) is 0 Å². The van der Waals surface area contributed by atoms with Gasteiger partial charge in [0.2, 0.25) is 5.91 Å². The molecule has 0 atom stereocenters. The number of nitrogens with zero attached hydrogens (tertiary/aromatic N) is 2. The van der Waals surface area contributed by atoms with Crippen molar-refractivity contribution in [1.82, 2.24) is 9.78 Å². The van der Waals surface area contributed by atoms with Crippen LogP contribution < -0.4 is 5.73 Å². The van der Waals surface area contributed by atoms with Gasteiger partial charge in [0.15, 0.2) is 0 Å². The summed E-state index contributed by atoms with van der Waals surface area (Å²) in [6.45, 7) is 1.80. The Kier molecular flexibility index (Phi) is 2.93. The quantitative estimate of drug-likeness (QED) is 0.818. The summed E-state index contributed by atoms with van der Waals surface area (Å²) in [7, 11) is 0. The third-order valence-electron chi connectivity index (χ3n) is 2.59. The topological polar surface area (TPSA) is 81.1 Å². The molecule has 0 saturated heterocycles. The molecular weight excluding hydrogens is 218 g/mol. The third kappa shape index (κ3) is 2.19. The Labute approximate surface area is 98.5 Å². The van der Waals surface area contributed by atoms with E-state index in [0.717, 1.165) is 16.9 Å². The molecule has 5 heteroatoms. The molecule has 1 amide bonds. The average molecular weight is 231 g/mol. The van der Waals surface area contributed by atoms with Gasteiger partial charge < -0.3 is 10.8 Å². The van der Waals surface area contributed by atoms with Gasteiger partial charge in [-0.1, -0.05) is 0 Å². The Morgan fingerprint density at radius 1 is 1.41 bits per heavy atom. The fraction of sp³-hybridized carbons (Fsp3) is 0.167. The van der Waals surface area contributed by atoms with Crippen molar-refractivity contribution in [1.29, 1.82) is 0 Å². The molecule has 3 N–H and O–H groups in total. The van der Waals surface area contributed by atoms with Crippen molar-refractivity contribution < 1.29 is 9.90 Å². The van der Waals surface area contributed by atoms with Crippen LogP contribution in [-0.4, -0.2) is 20.8 Å². The number of rotatable bonds is 3. The van der Waals surface area contributed by atoms with E-state index in [9.17, 15) is 4.79 Å². The number of amides is 1. The maximum Gasteiger partial charge on any atom is 0.248 e. The van der Waals surface area contributed by atoms with Crippen LogP contribution in [0.25, 0.3) is 5.69 Å². The standard InChI is InChI=1S/C12H13N3O2/c1-8-10(7-16)6-15(14-8)11-4-2-9(3-5-11)12(13)17/h2-6,16H,7H2,1H3,(H2,13,17). The van der Waals surface area contributed by atoms with Gasteiger partial charge in [0.1, 0.15) is 0 Å². The lowest BCUT2D eigenvalue weighted by atomic mass is 10.2. The van der Waals surface area contributed by atoms with Crippen LogP contribution in [0.2, 0.25) is 0 Å². The van der Waals surface area contributed by atoms with Gasteiger partial charge in [0.05, 0.1) is 18.0 Å². The molecule has 0 fully saturated rings. The van der Waals surface area contributed by atoms with Gasteiger partial charge in [-0.05, 0) is 31.2 Å². The third-order valence-corrected chi connectivity index (χ3v) is 2.59. The van der Waals surface area contributed by atoms with E-state index in [1.54, 1.807) is 35.1 Å². The molecule has 2 rings (SSSR count). The molecular formula is C12H13N3O2. The smallest absolute Gasteiger partial charge is 0.248 e. The first-order valence-corrected chi connectivity index (χ1v) is 5.18. The van der Waals surface area contributed by atoms with E-state index >= 15 is 0 Å². The molecule has 88 valence electrons. The van der Waals surface area contributed by atoms with E-state index < -0.39 is 5.91 Å². The lowest BCUT2D eigenvalue weighted by molar-refractivity contribution is 0.100. The normalized spacial score (nSPS) is 10.5. The summed E-state index contributed by atoms with van der Waals surface area (Å²) in [6.07, 6.45) is 1.76. The van der Waals surface area contributed by atoms with Crippen molar-refractivity contribution in [3.05, 3.63) is 47.3 Å². The number of aryl methyl sites for hydroxylation is 1. The zero-order chi connectivity index (χ0) is 12.4. The van der Waals surface area contributed by atoms with E-state index in [0.29, 0.717) is 5.56 Å². The van der Waals surface area contributed by atoms with Crippen molar-refractivity contribution in [2.45, 2.75) is 13.5 Å². The van der Waals surface area contributed by atoms with Crippen LogP contribution in [0.3, 0.4) is 0 Å². The van der Waals surface area contributed by atoms with E-state index in [1.807, 2.05) is 6.92 Å². The zero-order valence-electron chi connectivity index (χ0n) is 9.42. The summed E-state index contributed by atoms with van der Waals surface area (Å²) in [6, 6.07) is 6.81.